The molecule has 124 valence electrons. The highest BCUT2D eigenvalue weighted by atomic mass is 16.5. The number of carbonyl (C=O) groups is 1. The Kier molecular flexibility index (Phi) is 5.76. The minimum Gasteiger partial charge on any atom is -0.492 e. The zero-order valence-corrected chi connectivity index (χ0v) is 14.2. The van der Waals surface area contributed by atoms with Crippen molar-refractivity contribution in [2.45, 2.75) is 13.3 Å². The fourth-order valence-electron chi connectivity index (χ4n) is 2.32. The van der Waals surface area contributed by atoms with Crippen LogP contribution in [-0.4, -0.2) is 53.0 Å². The lowest BCUT2D eigenvalue weighted by molar-refractivity contribution is -0.145. The first-order valence-electron chi connectivity index (χ1n) is 7.70. The average molecular weight is 316 g/mol. The third-order valence-corrected chi connectivity index (χ3v) is 3.52. The number of aromatic nitrogens is 2. The molecule has 1 heterocycles. The Morgan fingerprint density at radius 3 is 2.70 bits per heavy atom. The average Bonchev–Trinajstić information content (AvgIpc) is 2.97. The molecular weight excluding hydrogens is 292 g/mol. The second kappa shape index (κ2) is 7.78. The van der Waals surface area contributed by atoms with Gasteiger partial charge in [-0.25, -0.2) is 5.01 Å². The summed E-state index contributed by atoms with van der Waals surface area (Å²) in [6.07, 6.45) is 4.27. The van der Waals surface area contributed by atoms with Gasteiger partial charge in [0.15, 0.2) is 0 Å². The van der Waals surface area contributed by atoms with Crippen molar-refractivity contribution in [2.75, 3.05) is 27.2 Å². The Balaban J connectivity index is 1.97. The van der Waals surface area contributed by atoms with Gasteiger partial charge in [-0.3, -0.25) is 14.5 Å². The van der Waals surface area contributed by atoms with Crippen molar-refractivity contribution in [1.29, 1.82) is 0 Å². The van der Waals surface area contributed by atoms with Crippen LogP contribution in [0, 0.1) is 0 Å². The Morgan fingerprint density at radius 1 is 1.30 bits per heavy atom. The number of carbonyl (C=O) groups excluding carboxylic acids is 1. The first kappa shape index (κ1) is 17.0. The third-order valence-electron chi connectivity index (χ3n) is 3.52. The van der Waals surface area contributed by atoms with Crippen LogP contribution in [0.2, 0.25) is 0 Å². The minimum absolute atomic E-state index is 0.0858. The Labute approximate surface area is 137 Å². The molecule has 0 atom stereocenters. The van der Waals surface area contributed by atoms with Crippen molar-refractivity contribution in [3.8, 4) is 16.9 Å². The summed E-state index contributed by atoms with van der Waals surface area (Å²) < 4.78 is 7.57. The number of hydrogen-bond acceptors (Lipinski definition) is 4. The standard InChI is InChI=1S/C17H24N4O2/c1-5-17(22)21(19(2)3)9-10-23-16-8-6-7-14(11-16)15-12-18-20(4)13-15/h6-8,11-13H,5,9-10H2,1-4H3. The number of hydrogen-bond donors (Lipinski definition) is 0. The first-order chi connectivity index (χ1) is 11.0. The molecule has 6 heteroatoms. The van der Waals surface area contributed by atoms with E-state index < -0.39 is 0 Å². The van der Waals surface area contributed by atoms with Crippen LogP contribution < -0.4 is 4.74 Å². The van der Waals surface area contributed by atoms with Crippen molar-refractivity contribution >= 4 is 5.91 Å². The van der Waals surface area contributed by atoms with Crippen molar-refractivity contribution in [1.82, 2.24) is 19.8 Å². The summed E-state index contributed by atoms with van der Waals surface area (Å²) in [5, 5.41) is 7.66. The summed E-state index contributed by atoms with van der Waals surface area (Å²) in [5.74, 6) is 0.872. The molecule has 0 unspecified atom stereocenters. The smallest absolute Gasteiger partial charge is 0.236 e. The lowest BCUT2D eigenvalue weighted by Crippen LogP contribution is -2.43. The molecule has 0 fully saturated rings. The fraction of sp³-hybridized carbons (Fsp3) is 0.412. The normalized spacial score (nSPS) is 10.8. The van der Waals surface area contributed by atoms with Crippen LogP contribution in [0.25, 0.3) is 11.1 Å². The van der Waals surface area contributed by atoms with E-state index in [-0.39, 0.29) is 5.91 Å². The predicted octanol–water partition coefficient (Wildman–Crippen LogP) is 2.18. The van der Waals surface area contributed by atoms with Crippen LogP contribution in [-0.2, 0) is 11.8 Å². The molecule has 0 aliphatic rings. The van der Waals surface area contributed by atoms with Crippen molar-refractivity contribution < 1.29 is 9.53 Å². The molecule has 0 radical (unpaired) electrons. The topological polar surface area (TPSA) is 50.6 Å². The highest BCUT2D eigenvalue weighted by molar-refractivity contribution is 5.75. The van der Waals surface area contributed by atoms with Gasteiger partial charge in [0.2, 0.25) is 5.91 Å². The number of amides is 1. The van der Waals surface area contributed by atoms with E-state index in [1.165, 1.54) is 0 Å². The van der Waals surface area contributed by atoms with E-state index in [4.69, 9.17) is 4.74 Å². The quantitative estimate of drug-likeness (QED) is 0.735. The van der Waals surface area contributed by atoms with Crippen LogP contribution in [0.5, 0.6) is 5.75 Å². The van der Waals surface area contributed by atoms with Gasteiger partial charge in [-0.1, -0.05) is 19.1 Å². The Hall–Kier alpha value is -2.34. The second-order valence-corrected chi connectivity index (χ2v) is 5.50. The van der Waals surface area contributed by atoms with Crippen LogP contribution in [0.1, 0.15) is 13.3 Å². The second-order valence-electron chi connectivity index (χ2n) is 5.50. The van der Waals surface area contributed by atoms with E-state index in [0.717, 1.165) is 16.9 Å². The lowest BCUT2D eigenvalue weighted by Gasteiger charge is -2.28. The number of benzene rings is 1. The SMILES string of the molecule is CCC(=O)N(CCOc1cccc(-c2cnn(C)c2)c1)N(C)C. The molecule has 1 aromatic carbocycles. The fourth-order valence-corrected chi connectivity index (χ4v) is 2.32. The number of aryl methyl sites for hydroxylation is 1. The van der Waals surface area contributed by atoms with Gasteiger partial charge in [0.05, 0.1) is 12.7 Å². The molecule has 0 spiro atoms. The molecule has 0 aliphatic carbocycles. The molecule has 23 heavy (non-hydrogen) atoms. The van der Waals surface area contributed by atoms with E-state index in [1.54, 1.807) is 14.7 Å². The molecule has 1 aromatic heterocycles. The molecule has 2 rings (SSSR count). The molecule has 0 N–H and O–H groups in total. The molecule has 0 saturated heterocycles. The van der Waals surface area contributed by atoms with E-state index in [2.05, 4.69) is 5.10 Å². The Bertz CT molecular complexity index is 652. The molecule has 1 amide bonds. The molecule has 6 nitrogen and oxygen atoms in total. The zero-order chi connectivity index (χ0) is 16.8. The largest absolute Gasteiger partial charge is 0.492 e. The highest BCUT2D eigenvalue weighted by Gasteiger charge is 2.13. The van der Waals surface area contributed by atoms with Crippen LogP contribution in [0.4, 0.5) is 0 Å². The van der Waals surface area contributed by atoms with Crippen molar-refractivity contribution in [2.24, 2.45) is 7.05 Å². The predicted molar refractivity (Wildman–Crippen MR) is 89.8 cm³/mol. The van der Waals surface area contributed by atoms with E-state index in [0.29, 0.717) is 19.6 Å². The summed E-state index contributed by atoms with van der Waals surface area (Å²) in [7, 11) is 5.61. The van der Waals surface area contributed by atoms with E-state index >= 15 is 0 Å². The molecule has 2 aromatic rings. The van der Waals surface area contributed by atoms with Gasteiger partial charge < -0.3 is 4.74 Å². The van der Waals surface area contributed by atoms with Gasteiger partial charge in [0.1, 0.15) is 12.4 Å². The maximum atomic E-state index is 11.9. The monoisotopic (exact) mass is 316 g/mol. The van der Waals surface area contributed by atoms with Crippen molar-refractivity contribution in [3.05, 3.63) is 36.7 Å². The van der Waals surface area contributed by atoms with E-state index in [9.17, 15) is 4.79 Å². The Morgan fingerprint density at radius 2 is 2.09 bits per heavy atom. The lowest BCUT2D eigenvalue weighted by atomic mass is 10.1. The zero-order valence-electron chi connectivity index (χ0n) is 14.2. The van der Waals surface area contributed by atoms with Crippen LogP contribution in [0.3, 0.4) is 0 Å². The van der Waals surface area contributed by atoms with Gasteiger partial charge in [-0.2, -0.15) is 5.10 Å². The van der Waals surface area contributed by atoms with Gasteiger partial charge in [0.25, 0.3) is 0 Å². The summed E-state index contributed by atoms with van der Waals surface area (Å²) in [6.45, 7) is 2.83. The molecular formula is C17H24N4O2. The number of hydrazine groups is 1. The molecule has 0 aliphatic heterocycles. The first-order valence-corrected chi connectivity index (χ1v) is 7.70. The molecule has 0 saturated carbocycles. The summed E-state index contributed by atoms with van der Waals surface area (Å²) >= 11 is 0. The summed E-state index contributed by atoms with van der Waals surface area (Å²) in [4.78, 5) is 11.9. The summed E-state index contributed by atoms with van der Waals surface area (Å²) in [5.41, 5.74) is 2.11. The number of rotatable bonds is 7. The molecule has 0 bridgehead atoms. The van der Waals surface area contributed by atoms with Gasteiger partial charge in [-0.15, -0.1) is 0 Å². The van der Waals surface area contributed by atoms with Crippen LogP contribution in [0.15, 0.2) is 36.7 Å². The van der Waals surface area contributed by atoms with Crippen molar-refractivity contribution in [3.63, 3.8) is 0 Å². The van der Waals surface area contributed by atoms with Gasteiger partial charge >= 0.3 is 0 Å². The minimum atomic E-state index is 0.0858. The highest BCUT2D eigenvalue weighted by Crippen LogP contribution is 2.23. The number of ether oxygens (including phenoxy) is 1. The maximum Gasteiger partial charge on any atom is 0.236 e. The van der Waals surface area contributed by atoms with E-state index in [1.807, 2.05) is 64.7 Å². The van der Waals surface area contributed by atoms with Gasteiger partial charge in [-0.05, 0) is 17.7 Å². The summed E-state index contributed by atoms with van der Waals surface area (Å²) in [6, 6.07) is 7.88. The van der Waals surface area contributed by atoms with Crippen LogP contribution >= 0.6 is 0 Å². The van der Waals surface area contributed by atoms with Gasteiger partial charge in [0, 0.05) is 39.3 Å². The number of nitrogens with zero attached hydrogens (tertiary/aromatic N) is 4. The third kappa shape index (κ3) is 4.56. The maximum absolute atomic E-state index is 11.9.